The molecule has 3 rings (SSSR count). The average molecular weight is 382 g/mol. The summed E-state index contributed by atoms with van der Waals surface area (Å²) in [5.74, 6) is 0. The molecule has 0 amide bonds. The van der Waals surface area contributed by atoms with Gasteiger partial charge in [0.2, 0.25) is 0 Å². The van der Waals surface area contributed by atoms with Crippen LogP contribution in [0, 0.1) is 6.92 Å². The van der Waals surface area contributed by atoms with Crippen LogP contribution in [0.2, 0.25) is 0 Å². The van der Waals surface area contributed by atoms with E-state index in [0.717, 1.165) is 6.42 Å². The van der Waals surface area contributed by atoms with E-state index in [1.165, 1.54) is 33.1 Å². The smallest absolute Gasteiger partial charge is 0.0534 e. The zero-order valence-electron chi connectivity index (χ0n) is 16.0. The van der Waals surface area contributed by atoms with E-state index < -0.39 is 0 Å². The SMILES string of the molecule is CSc1ccc(-c2cc(CCOCCCO)c(C)n2-c2ccccc2)cc1. The summed E-state index contributed by atoms with van der Waals surface area (Å²) in [6, 6.07) is 21.5. The highest BCUT2D eigenvalue weighted by molar-refractivity contribution is 7.98. The van der Waals surface area contributed by atoms with E-state index in [1.54, 1.807) is 11.8 Å². The molecule has 4 heteroatoms. The molecule has 0 saturated carbocycles. The first-order valence-corrected chi connectivity index (χ1v) is 10.6. The van der Waals surface area contributed by atoms with Gasteiger partial charge in [-0.2, -0.15) is 0 Å². The highest BCUT2D eigenvalue weighted by Gasteiger charge is 2.15. The summed E-state index contributed by atoms with van der Waals surface area (Å²) in [5, 5.41) is 8.87. The maximum absolute atomic E-state index is 8.87. The van der Waals surface area contributed by atoms with Crippen molar-refractivity contribution in [2.75, 3.05) is 26.1 Å². The minimum Gasteiger partial charge on any atom is -0.396 e. The molecule has 0 aliphatic carbocycles. The van der Waals surface area contributed by atoms with Gasteiger partial charge < -0.3 is 14.4 Å². The molecule has 27 heavy (non-hydrogen) atoms. The number of hydrogen-bond acceptors (Lipinski definition) is 3. The molecule has 1 aromatic heterocycles. The first kappa shape index (κ1) is 19.7. The van der Waals surface area contributed by atoms with Crippen LogP contribution < -0.4 is 0 Å². The van der Waals surface area contributed by atoms with E-state index in [0.29, 0.717) is 19.6 Å². The number of rotatable bonds is 9. The lowest BCUT2D eigenvalue weighted by Gasteiger charge is -2.13. The van der Waals surface area contributed by atoms with Gasteiger partial charge in [0.15, 0.2) is 0 Å². The number of benzene rings is 2. The van der Waals surface area contributed by atoms with E-state index in [4.69, 9.17) is 9.84 Å². The van der Waals surface area contributed by atoms with Gasteiger partial charge in [0.1, 0.15) is 0 Å². The molecular weight excluding hydrogens is 354 g/mol. The topological polar surface area (TPSA) is 34.4 Å². The highest BCUT2D eigenvalue weighted by Crippen LogP contribution is 2.31. The fraction of sp³-hybridized carbons (Fsp3) is 0.304. The van der Waals surface area contributed by atoms with E-state index in [9.17, 15) is 0 Å². The first-order chi connectivity index (χ1) is 13.2. The van der Waals surface area contributed by atoms with Gasteiger partial charge in [0, 0.05) is 29.5 Å². The van der Waals surface area contributed by atoms with Crippen LogP contribution in [0.1, 0.15) is 17.7 Å². The molecule has 0 spiro atoms. The summed E-state index contributed by atoms with van der Waals surface area (Å²) in [4.78, 5) is 1.27. The second-order valence-electron chi connectivity index (χ2n) is 6.48. The van der Waals surface area contributed by atoms with Gasteiger partial charge in [-0.1, -0.05) is 30.3 Å². The van der Waals surface area contributed by atoms with E-state index in [1.807, 2.05) is 6.07 Å². The second kappa shape index (κ2) is 9.79. The molecule has 3 aromatic rings. The second-order valence-corrected chi connectivity index (χ2v) is 7.36. The molecule has 142 valence electrons. The van der Waals surface area contributed by atoms with Crippen molar-refractivity contribution in [2.45, 2.75) is 24.7 Å². The molecule has 0 radical (unpaired) electrons. The van der Waals surface area contributed by atoms with Crippen molar-refractivity contribution in [1.82, 2.24) is 4.57 Å². The minimum atomic E-state index is 0.180. The average Bonchev–Trinajstić information content (AvgIpc) is 3.05. The van der Waals surface area contributed by atoms with Crippen molar-refractivity contribution in [3.63, 3.8) is 0 Å². The quantitative estimate of drug-likeness (QED) is 0.413. The monoisotopic (exact) mass is 381 g/mol. The zero-order valence-corrected chi connectivity index (χ0v) is 16.8. The Morgan fingerprint density at radius 1 is 1.00 bits per heavy atom. The van der Waals surface area contributed by atoms with Crippen LogP contribution in [0.25, 0.3) is 16.9 Å². The summed E-state index contributed by atoms with van der Waals surface area (Å²) >= 11 is 1.76. The summed E-state index contributed by atoms with van der Waals surface area (Å²) in [6.07, 6.45) is 3.66. The van der Waals surface area contributed by atoms with Gasteiger partial charge in [-0.15, -0.1) is 11.8 Å². The number of aliphatic hydroxyl groups excluding tert-OH is 1. The van der Waals surface area contributed by atoms with Crippen molar-refractivity contribution in [3.05, 3.63) is 71.9 Å². The Balaban J connectivity index is 1.93. The predicted octanol–water partition coefficient (Wildman–Crippen LogP) is 5.12. The Bertz CT molecular complexity index is 841. The fourth-order valence-electron chi connectivity index (χ4n) is 3.25. The first-order valence-electron chi connectivity index (χ1n) is 9.34. The van der Waals surface area contributed by atoms with Crippen LogP contribution in [0.15, 0.2) is 65.6 Å². The van der Waals surface area contributed by atoms with Gasteiger partial charge in [0.25, 0.3) is 0 Å². The molecule has 0 aliphatic rings. The van der Waals surface area contributed by atoms with Crippen molar-refractivity contribution >= 4 is 11.8 Å². The van der Waals surface area contributed by atoms with E-state index in [-0.39, 0.29) is 6.61 Å². The zero-order chi connectivity index (χ0) is 19.1. The summed E-state index contributed by atoms with van der Waals surface area (Å²) in [6.45, 7) is 3.64. The van der Waals surface area contributed by atoms with E-state index >= 15 is 0 Å². The normalized spacial score (nSPS) is 11.1. The van der Waals surface area contributed by atoms with E-state index in [2.05, 4.69) is 72.3 Å². The summed E-state index contributed by atoms with van der Waals surface area (Å²) in [7, 11) is 0. The van der Waals surface area contributed by atoms with Gasteiger partial charge >= 0.3 is 0 Å². The lowest BCUT2D eigenvalue weighted by molar-refractivity contribution is 0.118. The Hall–Kier alpha value is -2.01. The Kier molecular flexibility index (Phi) is 7.16. The fourth-order valence-corrected chi connectivity index (χ4v) is 3.65. The predicted molar refractivity (Wildman–Crippen MR) is 114 cm³/mol. The molecular formula is C23H27NO2S. The Labute approximate surface area is 166 Å². The van der Waals surface area contributed by atoms with Crippen LogP contribution in [0.4, 0.5) is 0 Å². The van der Waals surface area contributed by atoms with Crippen LogP contribution in [-0.2, 0) is 11.2 Å². The molecule has 0 unspecified atom stereocenters. The molecule has 1 heterocycles. The maximum Gasteiger partial charge on any atom is 0.0534 e. The number of thioether (sulfide) groups is 1. The summed E-state index contributed by atoms with van der Waals surface area (Å²) < 4.78 is 7.98. The van der Waals surface area contributed by atoms with Crippen LogP contribution in [0.5, 0.6) is 0 Å². The van der Waals surface area contributed by atoms with Crippen molar-refractivity contribution in [3.8, 4) is 16.9 Å². The van der Waals surface area contributed by atoms with Gasteiger partial charge in [-0.05, 0) is 67.5 Å². The minimum absolute atomic E-state index is 0.180. The van der Waals surface area contributed by atoms with Gasteiger partial charge in [0.05, 0.1) is 12.3 Å². The molecule has 0 bridgehead atoms. The van der Waals surface area contributed by atoms with Crippen molar-refractivity contribution < 1.29 is 9.84 Å². The third-order valence-corrected chi connectivity index (χ3v) is 5.46. The third-order valence-electron chi connectivity index (χ3n) is 4.71. The largest absolute Gasteiger partial charge is 0.396 e. The highest BCUT2D eigenvalue weighted by atomic mass is 32.2. The van der Waals surface area contributed by atoms with Crippen LogP contribution >= 0.6 is 11.8 Å². The molecule has 3 nitrogen and oxygen atoms in total. The Morgan fingerprint density at radius 2 is 1.74 bits per heavy atom. The maximum atomic E-state index is 8.87. The molecule has 0 saturated heterocycles. The molecule has 0 fully saturated rings. The Morgan fingerprint density at radius 3 is 2.41 bits per heavy atom. The standard InChI is InChI=1S/C23H27NO2S/c1-18-20(13-16-26-15-6-14-25)17-23(19-9-11-22(27-2)12-10-19)24(18)21-7-4-3-5-8-21/h3-5,7-12,17,25H,6,13-16H2,1-2H3. The lowest BCUT2D eigenvalue weighted by atomic mass is 10.1. The number of para-hydroxylation sites is 1. The van der Waals surface area contributed by atoms with Crippen molar-refractivity contribution in [2.24, 2.45) is 0 Å². The molecule has 2 aromatic carbocycles. The lowest BCUT2D eigenvalue weighted by Crippen LogP contribution is -2.03. The number of aliphatic hydroxyl groups is 1. The van der Waals surface area contributed by atoms with Crippen molar-refractivity contribution in [1.29, 1.82) is 0 Å². The van der Waals surface area contributed by atoms with Gasteiger partial charge in [-0.3, -0.25) is 0 Å². The van der Waals surface area contributed by atoms with Crippen LogP contribution in [-0.4, -0.2) is 35.8 Å². The number of aromatic nitrogens is 1. The van der Waals surface area contributed by atoms with Crippen LogP contribution in [0.3, 0.4) is 0 Å². The van der Waals surface area contributed by atoms with Gasteiger partial charge in [-0.25, -0.2) is 0 Å². The summed E-state index contributed by atoms with van der Waals surface area (Å²) in [5.41, 5.74) is 6.14. The number of ether oxygens (including phenoxy) is 1. The third kappa shape index (κ3) is 4.83. The molecule has 0 atom stereocenters. The molecule has 1 N–H and O–H groups in total. The molecule has 0 aliphatic heterocycles. The number of hydrogen-bond donors (Lipinski definition) is 1. The number of nitrogens with zero attached hydrogens (tertiary/aromatic N) is 1.